The van der Waals surface area contributed by atoms with Crippen LogP contribution in [-0.2, 0) is 12.4 Å². The van der Waals surface area contributed by atoms with Gasteiger partial charge in [-0.05, 0) is 104 Å². The van der Waals surface area contributed by atoms with E-state index in [0.717, 1.165) is 66.9 Å². The molecule has 56 heavy (non-hydrogen) atoms. The second kappa shape index (κ2) is 12.6. The molecule has 0 aliphatic heterocycles. The van der Waals surface area contributed by atoms with E-state index in [0.29, 0.717) is 28.1 Å². The summed E-state index contributed by atoms with van der Waals surface area (Å²) in [7, 11) is 0. The summed E-state index contributed by atoms with van der Waals surface area (Å²) in [5.41, 5.74) is 5.49. The number of hydrogen-bond acceptors (Lipinski definition) is 1. The lowest BCUT2D eigenvalue weighted by Crippen LogP contribution is -2.11. The van der Waals surface area contributed by atoms with Crippen molar-refractivity contribution in [1.82, 2.24) is 9.13 Å². The summed E-state index contributed by atoms with van der Waals surface area (Å²) >= 11 is 0. The van der Waals surface area contributed by atoms with Crippen LogP contribution in [0.1, 0.15) is 27.8 Å². The summed E-state index contributed by atoms with van der Waals surface area (Å²) < 4.78 is 88.9. The van der Waals surface area contributed by atoms with Gasteiger partial charge >= 0.3 is 12.4 Å². The number of benzene rings is 7. The molecule has 0 saturated carbocycles. The number of hydrogen-bond donors (Lipinski definition) is 0. The molecule has 2 heterocycles. The number of alkyl halides is 6. The van der Waals surface area contributed by atoms with E-state index in [4.69, 9.17) is 0 Å². The van der Waals surface area contributed by atoms with Gasteiger partial charge in [0.15, 0.2) is 0 Å². The molecular formula is C47H29F6N3. The third-order valence-electron chi connectivity index (χ3n) is 10.5. The molecule has 0 N–H and O–H groups in total. The highest BCUT2D eigenvalue weighted by Gasteiger charge is 2.37. The summed E-state index contributed by atoms with van der Waals surface area (Å²) in [6.07, 6.45) is -10.0. The van der Waals surface area contributed by atoms with Crippen LogP contribution in [0.2, 0.25) is 0 Å². The zero-order valence-electron chi connectivity index (χ0n) is 29.9. The van der Waals surface area contributed by atoms with Crippen molar-refractivity contribution in [2.45, 2.75) is 26.2 Å². The molecule has 0 radical (unpaired) electrons. The number of nitrogens with zero attached hydrogens (tertiary/aromatic N) is 3. The number of rotatable bonds is 4. The Balaban J connectivity index is 1.42. The van der Waals surface area contributed by atoms with Gasteiger partial charge in [-0.25, -0.2) is 0 Å². The van der Waals surface area contributed by atoms with Crippen molar-refractivity contribution in [1.29, 1.82) is 5.26 Å². The third kappa shape index (κ3) is 5.68. The minimum atomic E-state index is -5.02. The lowest BCUT2D eigenvalue weighted by Gasteiger charge is -2.20. The smallest absolute Gasteiger partial charge is 0.309 e. The second-order valence-corrected chi connectivity index (χ2v) is 14.1. The van der Waals surface area contributed by atoms with E-state index in [1.165, 1.54) is 0 Å². The molecule has 0 aliphatic carbocycles. The second-order valence-electron chi connectivity index (χ2n) is 14.1. The Morgan fingerprint density at radius 3 is 1.50 bits per heavy atom. The van der Waals surface area contributed by atoms with Gasteiger partial charge in [-0.15, -0.1) is 0 Å². The molecule has 0 atom stereocenters. The van der Waals surface area contributed by atoms with E-state index in [2.05, 4.69) is 27.3 Å². The van der Waals surface area contributed by atoms with Gasteiger partial charge in [0.1, 0.15) is 0 Å². The molecule has 3 nitrogen and oxygen atoms in total. The maximum Gasteiger partial charge on any atom is 0.416 e. The molecule has 0 amide bonds. The van der Waals surface area contributed by atoms with Crippen molar-refractivity contribution in [2.75, 3.05) is 0 Å². The number of aromatic nitrogens is 2. The van der Waals surface area contributed by atoms with Crippen LogP contribution in [0.4, 0.5) is 26.3 Å². The van der Waals surface area contributed by atoms with E-state index >= 15 is 0 Å². The van der Waals surface area contributed by atoms with Crippen LogP contribution in [0, 0.1) is 25.2 Å². The third-order valence-corrected chi connectivity index (χ3v) is 10.5. The molecule has 0 saturated heterocycles. The summed E-state index contributed by atoms with van der Waals surface area (Å²) in [4.78, 5) is 0. The number of fused-ring (bicyclic) bond motifs is 6. The summed E-state index contributed by atoms with van der Waals surface area (Å²) in [5, 5.41) is 14.1. The number of aryl methyl sites for hydroxylation is 2. The fourth-order valence-corrected chi connectivity index (χ4v) is 7.95. The first-order valence-corrected chi connectivity index (χ1v) is 17.8. The van der Waals surface area contributed by atoms with Crippen LogP contribution < -0.4 is 0 Å². The van der Waals surface area contributed by atoms with E-state index < -0.39 is 23.5 Å². The van der Waals surface area contributed by atoms with Gasteiger partial charge in [-0.1, -0.05) is 71.8 Å². The van der Waals surface area contributed by atoms with E-state index in [9.17, 15) is 31.6 Å². The minimum absolute atomic E-state index is 0.140. The molecule has 0 spiro atoms. The Hall–Kier alpha value is -6.79. The normalized spacial score (nSPS) is 12.3. The van der Waals surface area contributed by atoms with Crippen LogP contribution >= 0.6 is 0 Å². The highest BCUT2D eigenvalue weighted by Crippen LogP contribution is 2.44. The number of nitriles is 1. The highest BCUT2D eigenvalue weighted by atomic mass is 19.4. The lowest BCUT2D eigenvalue weighted by molar-refractivity contribution is -0.143. The molecule has 9 aromatic rings. The Labute approximate surface area is 316 Å². The van der Waals surface area contributed by atoms with Crippen LogP contribution in [0.15, 0.2) is 140 Å². The number of para-hydroxylation sites is 2. The maximum atomic E-state index is 14.1. The van der Waals surface area contributed by atoms with Gasteiger partial charge < -0.3 is 9.13 Å². The topological polar surface area (TPSA) is 33.6 Å². The molecular weight excluding hydrogens is 721 g/mol. The molecule has 0 aliphatic rings. The first-order valence-electron chi connectivity index (χ1n) is 17.8. The predicted molar refractivity (Wildman–Crippen MR) is 210 cm³/mol. The van der Waals surface area contributed by atoms with Gasteiger partial charge in [0.25, 0.3) is 0 Å². The molecule has 274 valence electrons. The summed E-state index contributed by atoms with van der Waals surface area (Å²) in [5.74, 6) is 0. The zero-order chi connectivity index (χ0) is 39.1. The van der Waals surface area contributed by atoms with Crippen molar-refractivity contribution in [2.24, 2.45) is 0 Å². The summed E-state index contributed by atoms with van der Waals surface area (Å²) in [6, 6.07) is 42.1. The zero-order valence-corrected chi connectivity index (χ0v) is 29.9. The average Bonchev–Trinajstić information content (AvgIpc) is 3.68. The van der Waals surface area contributed by atoms with Crippen molar-refractivity contribution in [3.63, 3.8) is 0 Å². The van der Waals surface area contributed by atoms with Gasteiger partial charge in [0, 0.05) is 32.7 Å². The van der Waals surface area contributed by atoms with Crippen LogP contribution in [0.5, 0.6) is 0 Å². The first-order chi connectivity index (χ1) is 26.8. The largest absolute Gasteiger partial charge is 0.416 e. The minimum Gasteiger partial charge on any atom is -0.309 e. The lowest BCUT2D eigenvalue weighted by atomic mass is 9.93. The SMILES string of the molecule is Cc1ccc2c(c1)c1ccccc1n2-c1ccc(-c2cc(C(F)(F)F)cc(C(F)(F)F)c2)cc1-c1ccc(C#N)cc1-n1c2ccccc2c2cc(C)ccc21. The maximum absolute atomic E-state index is 14.1. The average molecular weight is 750 g/mol. The standard InChI is InChI=1S/C47H29F6N3/c1-27-11-16-42-37(19-27)34-7-3-5-9-40(34)55(42)44-18-14-30(31-22-32(46(48,49)50)25-33(23-31)47(51,52)53)24-39(44)36-15-13-29(26-54)21-45(36)56-41-10-6-4-8-35(41)38-20-28(2)12-17-43(38)56/h3-25H,1-2H3. The van der Waals surface area contributed by atoms with Gasteiger partial charge in [0.05, 0.1) is 56.2 Å². The van der Waals surface area contributed by atoms with E-state index in [1.807, 2.05) is 86.6 Å². The predicted octanol–water partition coefficient (Wildman–Crippen LogP) is 13.7. The van der Waals surface area contributed by atoms with Crippen molar-refractivity contribution in [3.8, 4) is 39.7 Å². The summed E-state index contributed by atoms with van der Waals surface area (Å²) in [6.45, 7) is 4.02. The van der Waals surface area contributed by atoms with Crippen molar-refractivity contribution >= 4 is 43.6 Å². The molecule has 0 fully saturated rings. The van der Waals surface area contributed by atoms with Crippen molar-refractivity contribution < 1.29 is 26.3 Å². The molecule has 7 aromatic carbocycles. The Morgan fingerprint density at radius 1 is 0.446 bits per heavy atom. The fraction of sp³-hybridized carbons (Fsp3) is 0.0851. The highest BCUT2D eigenvalue weighted by molar-refractivity contribution is 6.11. The first kappa shape index (κ1) is 34.9. The fourth-order valence-electron chi connectivity index (χ4n) is 7.95. The molecule has 9 heteroatoms. The number of halogens is 6. The van der Waals surface area contributed by atoms with Crippen LogP contribution in [0.3, 0.4) is 0 Å². The van der Waals surface area contributed by atoms with E-state index in [1.54, 1.807) is 36.4 Å². The Bertz CT molecular complexity index is 3070. The molecule has 9 rings (SSSR count). The monoisotopic (exact) mass is 749 g/mol. The van der Waals surface area contributed by atoms with Gasteiger partial charge in [-0.3, -0.25) is 0 Å². The van der Waals surface area contributed by atoms with E-state index in [-0.39, 0.29) is 17.2 Å². The molecule has 2 aromatic heterocycles. The van der Waals surface area contributed by atoms with Crippen molar-refractivity contribution in [3.05, 3.63) is 167 Å². The molecule has 0 bridgehead atoms. The van der Waals surface area contributed by atoms with Gasteiger partial charge in [-0.2, -0.15) is 31.6 Å². The quantitative estimate of drug-likeness (QED) is 0.165. The molecule has 0 unspecified atom stereocenters. The van der Waals surface area contributed by atoms with Gasteiger partial charge in [0.2, 0.25) is 0 Å². The Kier molecular flexibility index (Phi) is 7.89. The van der Waals surface area contributed by atoms with Crippen LogP contribution in [-0.4, -0.2) is 9.13 Å². The van der Waals surface area contributed by atoms with Crippen LogP contribution in [0.25, 0.3) is 77.2 Å². The Morgan fingerprint density at radius 2 is 0.964 bits per heavy atom.